The molecule has 0 radical (unpaired) electrons. The number of hydrogen-bond donors (Lipinski definition) is 2. The molecule has 2 aromatic rings. The summed E-state index contributed by atoms with van der Waals surface area (Å²) in [7, 11) is 0. The van der Waals surface area contributed by atoms with Gasteiger partial charge in [0, 0.05) is 11.8 Å². The number of hydrogen-bond acceptors (Lipinski definition) is 4. The lowest BCUT2D eigenvalue weighted by molar-refractivity contribution is 0.581. The van der Waals surface area contributed by atoms with Crippen LogP contribution < -0.4 is 11.1 Å². The van der Waals surface area contributed by atoms with Crippen molar-refractivity contribution in [2.24, 2.45) is 5.73 Å². The third-order valence-corrected chi connectivity index (χ3v) is 3.18. The molecule has 2 rings (SSSR count). The largest absolute Gasteiger partial charge is 0.388 e. The molecule has 8 heteroatoms. The minimum atomic E-state index is -0.757. The molecule has 104 valence electrons. The molecular weight excluding hydrogens is 350 g/mol. The minimum Gasteiger partial charge on any atom is -0.388 e. The second-order valence-electron chi connectivity index (χ2n) is 3.95. The molecule has 4 nitrogen and oxygen atoms in total. The SMILES string of the molecule is Cc1cc(C(N)=S)nc(Nc2cc(Br)c(F)cc2F)n1. The Balaban J connectivity index is 2.40. The molecule has 0 atom stereocenters. The van der Waals surface area contributed by atoms with E-state index in [1.54, 1.807) is 13.0 Å². The molecule has 1 aromatic heterocycles. The molecule has 0 aliphatic heterocycles. The summed E-state index contributed by atoms with van der Waals surface area (Å²) in [5.74, 6) is -1.32. The highest BCUT2D eigenvalue weighted by Crippen LogP contribution is 2.25. The third kappa shape index (κ3) is 3.26. The first-order chi connectivity index (χ1) is 9.36. The first kappa shape index (κ1) is 14.7. The van der Waals surface area contributed by atoms with Crippen LogP contribution in [0.15, 0.2) is 22.7 Å². The number of anilines is 2. The fraction of sp³-hybridized carbons (Fsp3) is 0.0833. The lowest BCUT2D eigenvalue weighted by Gasteiger charge is -2.09. The maximum atomic E-state index is 13.6. The minimum absolute atomic E-state index is 0.0396. The van der Waals surface area contributed by atoms with Crippen molar-refractivity contribution in [1.82, 2.24) is 9.97 Å². The van der Waals surface area contributed by atoms with E-state index in [4.69, 9.17) is 18.0 Å². The average Bonchev–Trinajstić information content (AvgIpc) is 2.35. The fourth-order valence-corrected chi connectivity index (χ4v) is 1.94. The predicted molar refractivity (Wildman–Crippen MR) is 80.0 cm³/mol. The number of nitrogens with zero attached hydrogens (tertiary/aromatic N) is 2. The molecule has 20 heavy (non-hydrogen) atoms. The Bertz CT molecular complexity index is 693. The number of benzene rings is 1. The lowest BCUT2D eigenvalue weighted by Crippen LogP contribution is -2.14. The van der Waals surface area contributed by atoms with Crippen molar-refractivity contribution in [2.45, 2.75) is 6.92 Å². The molecule has 0 bridgehead atoms. The Morgan fingerprint density at radius 3 is 2.60 bits per heavy atom. The Hall–Kier alpha value is -1.67. The van der Waals surface area contributed by atoms with Gasteiger partial charge in [-0.1, -0.05) is 12.2 Å². The molecule has 3 N–H and O–H groups in total. The van der Waals surface area contributed by atoms with Gasteiger partial charge in [-0.2, -0.15) is 0 Å². The zero-order valence-electron chi connectivity index (χ0n) is 10.2. The third-order valence-electron chi connectivity index (χ3n) is 2.36. The summed E-state index contributed by atoms with van der Waals surface area (Å²) in [4.78, 5) is 8.26. The van der Waals surface area contributed by atoms with Crippen LogP contribution in [0, 0.1) is 18.6 Å². The molecule has 0 unspecified atom stereocenters. The highest BCUT2D eigenvalue weighted by molar-refractivity contribution is 9.10. The van der Waals surface area contributed by atoms with E-state index in [1.165, 1.54) is 6.07 Å². The molecular formula is C12H9BrF2N4S. The quantitative estimate of drug-likeness (QED) is 0.651. The summed E-state index contributed by atoms with van der Waals surface area (Å²) in [5.41, 5.74) is 6.53. The van der Waals surface area contributed by atoms with Crippen molar-refractivity contribution >= 4 is 44.8 Å². The van der Waals surface area contributed by atoms with E-state index < -0.39 is 11.6 Å². The number of rotatable bonds is 3. The van der Waals surface area contributed by atoms with Gasteiger partial charge in [0.25, 0.3) is 0 Å². The number of nitrogens with one attached hydrogen (secondary N) is 1. The van der Waals surface area contributed by atoms with Crippen molar-refractivity contribution in [3.63, 3.8) is 0 Å². The zero-order chi connectivity index (χ0) is 14.9. The summed E-state index contributed by atoms with van der Waals surface area (Å²) in [6.45, 7) is 1.73. The van der Waals surface area contributed by atoms with Gasteiger partial charge in [0.2, 0.25) is 5.95 Å². The van der Waals surface area contributed by atoms with E-state index in [2.05, 4.69) is 31.2 Å². The first-order valence-corrected chi connectivity index (χ1v) is 6.64. The van der Waals surface area contributed by atoms with E-state index >= 15 is 0 Å². The monoisotopic (exact) mass is 358 g/mol. The molecule has 1 aromatic carbocycles. The first-order valence-electron chi connectivity index (χ1n) is 5.44. The normalized spacial score (nSPS) is 10.4. The Labute approximate surface area is 127 Å². The Morgan fingerprint density at radius 1 is 1.25 bits per heavy atom. The number of aromatic nitrogens is 2. The van der Waals surface area contributed by atoms with Crippen molar-refractivity contribution in [1.29, 1.82) is 0 Å². The topological polar surface area (TPSA) is 63.8 Å². The molecule has 0 spiro atoms. The number of nitrogens with two attached hydrogens (primary N) is 1. The smallest absolute Gasteiger partial charge is 0.228 e. The van der Waals surface area contributed by atoms with Crippen LogP contribution in [-0.4, -0.2) is 15.0 Å². The van der Waals surface area contributed by atoms with Crippen LogP contribution >= 0.6 is 28.1 Å². The second-order valence-corrected chi connectivity index (χ2v) is 5.25. The molecule has 0 amide bonds. The molecule has 0 saturated carbocycles. The van der Waals surface area contributed by atoms with Crippen molar-refractivity contribution in [3.05, 3.63) is 45.7 Å². The van der Waals surface area contributed by atoms with Gasteiger partial charge in [-0.05, 0) is 35.0 Å². The summed E-state index contributed by atoms with van der Waals surface area (Å²) in [6.07, 6.45) is 0. The highest BCUT2D eigenvalue weighted by atomic mass is 79.9. The van der Waals surface area contributed by atoms with Gasteiger partial charge in [-0.15, -0.1) is 0 Å². The summed E-state index contributed by atoms with van der Waals surface area (Å²) >= 11 is 7.82. The van der Waals surface area contributed by atoms with Crippen molar-refractivity contribution in [3.8, 4) is 0 Å². The number of halogens is 3. The van der Waals surface area contributed by atoms with Crippen LogP contribution in [0.2, 0.25) is 0 Å². The standard InChI is InChI=1S/C12H9BrF2N4S/c1-5-2-10(11(16)20)19-12(17-5)18-9-3-6(13)7(14)4-8(9)15/h2-4H,1H3,(H2,16,20)(H,17,18,19). The van der Waals surface area contributed by atoms with E-state index in [1.807, 2.05) is 0 Å². The maximum Gasteiger partial charge on any atom is 0.228 e. The van der Waals surface area contributed by atoms with Crippen LogP contribution in [0.4, 0.5) is 20.4 Å². The van der Waals surface area contributed by atoms with Crippen LogP contribution in [0.5, 0.6) is 0 Å². The van der Waals surface area contributed by atoms with Gasteiger partial charge in [0.1, 0.15) is 22.3 Å². The second kappa shape index (κ2) is 5.76. The van der Waals surface area contributed by atoms with Gasteiger partial charge in [0.15, 0.2) is 0 Å². The molecule has 0 aliphatic carbocycles. The van der Waals surface area contributed by atoms with Gasteiger partial charge in [0.05, 0.1) is 10.2 Å². The van der Waals surface area contributed by atoms with Crippen LogP contribution in [0.3, 0.4) is 0 Å². The molecule has 0 saturated heterocycles. The fourth-order valence-electron chi connectivity index (χ4n) is 1.49. The van der Waals surface area contributed by atoms with Gasteiger partial charge in [-0.3, -0.25) is 0 Å². The van der Waals surface area contributed by atoms with E-state index in [-0.39, 0.29) is 21.1 Å². The Morgan fingerprint density at radius 2 is 1.95 bits per heavy atom. The number of aryl methyl sites for hydroxylation is 1. The molecule has 0 fully saturated rings. The van der Waals surface area contributed by atoms with E-state index in [0.717, 1.165) is 6.07 Å². The van der Waals surface area contributed by atoms with Gasteiger partial charge >= 0.3 is 0 Å². The van der Waals surface area contributed by atoms with Crippen molar-refractivity contribution in [2.75, 3.05) is 5.32 Å². The highest BCUT2D eigenvalue weighted by Gasteiger charge is 2.11. The van der Waals surface area contributed by atoms with Crippen molar-refractivity contribution < 1.29 is 8.78 Å². The maximum absolute atomic E-state index is 13.6. The van der Waals surface area contributed by atoms with Crippen LogP contribution in [0.1, 0.15) is 11.4 Å². The Kier molecular flexibility index (Phi) is 4.24. The summed E-state index contributed by atoms with van der Waals surface area (Å²) < 4.78 is 26.9. The average molecular weight is 359 g/mol. The van der Waals surface area contributed by atoms with Gasteiger partial charge in [-0.25, -0.2) is 18.7 Å². The van der Waals surface area contributed by atoms with Crippen LogP contribution in [0.25, 0.3) is 0 Å². The number of thiocarbonyl (C=S) groups is 1. The summed E-state index contributed by atoms with van der Waals surface area (Å²) in [5, 5.41) is 2.67. The molecule has 0 aliphatic rings. The lowest BCUT2D eigenvalue weighted by atomic mass is 10.3. The van der Waals surface area contributed by atoms with Crippen LogP contribution in [-0.2, 0) is 0 Å². The van der Waals surface area contributed by atoms with Gasteiger partial charge < -0.3 is 11.1 Å². The molecule has 1 heterocycles. The van der Waals surface area contributed by atoms with E-state index in [0.29, 0.717) is 11.4 Å². The zero-order valence-corrected chi connectivity index (χ0v) is 12.6. The summed E-state index contributed by atoms with van der Waals surface area (Å²) in [6, 6.07) is 3.64. The van der Waals surface area contributed by atoms with E-state index in [9.17, 15) is 8.78 Å². The predicted octanol–water partition coefficient (Wildman–Crippen LogP) is 3.20.